The van der Waals surface area contributed by atoms with E-state index >= 15 is 0 Å². The highest BCUT2D eigenvalue weighted by Crippen LogP contribution is 2.25. The second-order valence-electron chi connectivity index (χ2n) is 4.39. The molecule has 0 aromatic heterocycles. The molecule has 0 saturated carbocycles. The van der Waals surface area contributed by atoms with E-state index in [0.717, 1.165) is 44.4 Å². The first-order valence-electron chi connectivity index (χ1n) is 6.32. The second-order valence-corrected chi connectivity index (χ2v) is 4.39. The minimum atomic E-state index is 0.219. The summed E-state index contributed by atoms with van der Waals surface area (Å²) in [5.74, 6) is 1.10. The second kappa shape index (κ2) is 6.04. The van der Waals surface area contributed by atoms with Crippen molar-refractivity contribution in [2.75, 3.05) is 6.54 Å². The average molecular weight is 209 g/mol. The number of carbonyl (C=O) groups is 1. The molecule has 1 atom stereocenters. The van der Waals surface area contributed by atoms with Crippen molar-refractivity contribution in [2.45, 2.75) is 52.9 Å². The number of rotatable bonds is 6. The Balaban J connectivity index is 2.68. The van der Waals surface area contributed by atoms with E-state index in [1.807, 2.05) is 0 Å². The Hall–Kier alpha value is -0.660. The maximum Gasteiger partial charge on any atom is 0.179 e. The third-order valence-corrected chi connectivity index (χ3v) is 3.55. The zero-order valence-corrected chi connectivity index (χ0v) is 10.3. The number of carbonyl (C=O) groups excluding carboxylic acids is 1. The molecule has 2 heteroatoms. The van der Waals surface area contributed by atoms with Gasteiger partial charge in [0.15, 0.2) is 5.78 Å². The van der Waals surface area contributed by atoms with Crippen molar-refractivity contribution in [3.63, 3.8) is 0 Å². The number of nitrogens with zero attached hydrogens (tertiary/aromatic N) is 1. The molecule has 1 aliphatic rings. The third kappa shape index (κ3) is 2.90. The summed E-state index contributed by atoms with van der Waals surface area (Å²) in [6, 6.07) is 0. The van der Waals surface area contributed by atoms with Crippen LogP contribution in [0.2, 0.25) is 0 Å². The molecule has 15 heavy (non-hydrogen) atoms. The van der Waals surface area contributed by atoms with Crippen LogP contribution >= 0.6 is 0 Å². The Morgan fingerprint density at radius 2 is 1.93 bits per heavy atom. The smallest absolute Gasteiger partial charge is 0.179 e. The van der Waals surface area contributed by atoms with E-state index in [4.69, 9.17) is 0 Å². The molecule has 0 spiro atoms. The van der Waals surface area contributed by atoms with Crippen LogP contribution in [0.4, 0.5) is 0 Å². The Kier molecular flexibility index (Phi) is 5.00. The highest BCUT2D eigenvalue weighted by molar-refractivity contribution is 6.41. The van der Waals surface area contributed by atoms with Crippen LogP contribution in [-0.2, 0) is 4.79 Å². The summed E-state index contributed by atoms with van der Waals surface area (Å²) in [6.45, 7) is 7.35. The molecule has 86 valence electrons. The van der Waals surface area contributed by atoms with Gasteiger partial charge in [0, 0.05) is 12.5 Å². The van der Waals surface area contributed by atoms with Crippen molar-refractivity contribution in [2.24, 2.45) is 16.8 Å². The van der Waals surface area contributed by atoms with Gasteiger partial charge in [-0.3, -0.25) is 9.79 Å². The van der Waals surface area contributed by atoms with Crippen LogP contribution in [0.1, 0.15) is 52.9 Å². The molecule has 1 heterocycles. The van der Waals surface area contributed by atoms with Crippen LogP contribution < -0.4 is 0 Å². The van der Waals surface area contributed by atoms with Gasteiger partial charge in [-0.05, 0) is 25.2 Å². The molecule has 0 aliphatic carbocycles. The van der Waals surface area contributed by atoms with Crippen LogP contribution in [0.25, 0.3) is 0 Å². The lowest BCUT2D eigenvalue weighted by molar-refractivity contribution is -0.118. The standard InChI is InChI=1S/C13H23NO/c1-4-10(5-2)11(6-3)13(15)12-8-7-9-14-12/h10-11H,4-9H2,1-3H3. The summed E-state index contributed by atoms with van der Waals surface area (Å²) in [5.41, 5.74) is 0.869. The van der Waals surface area contributed by atoms with Gasteiger partial charge in [-0.15, -0.1) is 0 Å². The molecule has 2 nitrogen and oxygen atoms in total. The van der Waals surface area contributed by atoms with Crippen LogP contribution in [0.3, 0.4) is 0 Å². The maximum absolute atomic E-state index is 12.2. The summed E-state index contributed by atoms with van der Waals surface area (Å²) < 4.78 is 0. The number of ketones is 1. The molecular weight excluding hydrogens is 186 g/mol. The molecular formula is C13H23NO. The number of Topliss-reactive ketones (excluding diaryl/α,β-unsaturated/α-hetero) is 1. The number of hydrogen-bond donors (Lipinski definition) is 0. The van der Waals surface area contributed by atoms with Crippen molar-refractivity contribution < 1.29 is 4.79 Å². The molecule has 0 amide bonds. The van der Waals surface area contributed by atoms with Crippen molar-refractivity contribution in [1.82, 2.24) is 0 Å². The lowest BCUT2D eigenvalue weighted by atomic mass is 9.81. The first-order chi connectivity index (χ1) is 7.24. The minimum Gasteiger partial charge on any atom is -0.293 e. The topological polar surface area (TPSA) is 29.4 Å². The van der Waals surface area contributed by atoms with E-state index in [1.54, 1.807) is 0 Å². The van der Waals surface area contributed by atoms with Crippen molar-refractivity contribution in [3.8, 4) is 0 Å². The predicted molar refractivity (Wildman–Crippen MR) is 64.4 cm³/mol. The summed E-state index contributed by atoms with van der Waals surface area (Å²) in [7, 11) is 0. The molecule has 0 N–H and O–H groups in total. The highest BCUT2D eigenvalue weighted by atomic mass is 16.1. The number of hydrogen-bond acceptors (Lipinski definition) is 2. The molecule has 1 aliphatic heterocycles. The van der Waals surface area contributed by atoms with Gasteiger partial charge in [0.25, 0.3) is 0 Å². The fourth-order valence-corrected chi connectivity index (χ4v) is 2.55. The van der Waals surface area contributed by atoms with E-state index in [9.17, 15) is 4.79 Å². The normalized spacial score (nSPS) is 18.0. The Bertz CT molecular complexity index is 241. The van der Waals surface area contributed by atoms with E-state index < -0.39 is 0 Å². The molecule has 0 fully saturated rings. The van der Waals surface area contributed by atoms with Gasteiger partial charge in [-0.1, -0.05) is 33.6 Å². The van der Waals surface area contributed by atoms with E-state index in [1.165, 1.54) is 0 Å². The lowest BCUT2D eigenvalue weighted by Crippen LogP contribution is -2.28. The molecule has 1 unspecified atom stereocenters. The first-order valence-corrected chi connectivity index (χ1v) is 6.32. The third-order valence-electron chi connectivity index (χ3n) is 3.55. The average Bonchev–Trinajstić information content (AvgIpc) is 2.78. The van der Waals surface area contributed by atoms with E-state index in [-0.39, 0.29) is 5.92 Å². The first kappa shape index (κ1) is 12.4. The molecule has 0 bridgehead atoms. The SMILES string of the molecule is CCC(CC)C(CC)C(=O)C1=NCCC1. The van der Waals surface area contributed by atoms with Crippen molar-refractivity contribution in [3.05, 3.63) is 0 Å². The van der Waals surface area contributed by atoms with Gasteiger partial charge >= 0.3 is 0 Å². The molecule has 0 aromatic rings. The molecule has 0 aromatic carbocycles. The minimum absolute atomic E-state index is 0.219. The Morgan fingerprint density at radius 3 is 2.33 bits per heavy atom. The molecule has 0 saturated heterocycles. The Morgan fingerprint density at radius 1 is 1.27 bits per heavy atom. The van der Waals surface area contributed by atoms with Gasteiger partial charge < -0.3 is 0 Å². The molecule has 0 radical (unpaired) electrons. The summed E-state index contributed by atoms with van der Waals surface area (Å²) in [4.78, 5) is 16.5. The summed E-state index contributed by atoms with van der Waals surface area (Å²) in [6.07, 6.45) is 5.15. The van der Waals surface area contributed by atoms with Crippen molar-refractivity contribution >= 4 is 11.5 Å². The zero-order chi connectivity index (χ0) is 11.3. The number of aliphatic imine (C=N–C) groups is 1. The van der Waals surface area contributed by atoms with E-state index in [2.05, 4.69) is 25.8 Å². The predicted octanol–water partition coefficient (Wildman–Crippen LogP) is 3.25. The zero-order valence-electron chi connectivity index (χ0n) is 10.3. The monoisotopic (exact) mass is 209 g/mol. The fourth-order valence-electron chi connectivity index (χ4n) is 2.55. The van der Waals surface area contributed by atoms with Gasteiger partial charge in [-0.25, -0.2) is 0 Å². The van der Waals surface area contributed by atoms with Crippen LogP contribution in [0.15, 0.2) is 4.99 Å². The van der Waals surface area contributed by atoms with Crippen LogP contribution in [0, 0.1) is 11.8 Å². The van der Waals surface area contributed by atoms with E-state index in [0.29, 0.717) is 11.7 Å². The highest BCUT2D eigenvalue weighted by Gasteiger charge is 2.28. The van der Waals surface area contributed by atoms with Crippen LogP contribution in [-0.4, -0.2) is 18.0 Å². The van der Waals surface area contributed by atoms with Gasteiger partial charge in [-0.2, -0.15) is 0 Å². The largest absolute Gasteiger partial charge is 0.293 e. The van der Waals surface area contributed by atoms with Gasteiger partial charge in [0.2, 0.25) is 0 Å². The van der Waals surface area contributed by atoms with Gasteiger partial charge in [0.05, 0.1) is 5.71 Å². The summed E-state index contributed by atoms with van der Waals surface area (Å²) in [5, 5.41) is 0. The summed E-state index contributed by atoms with van der Waals surface area (Å²) >= 11 is 0. The lowest BCUT2D eigenvalue weighted by Gasteiger charge is -2.22. The van der Waals surface area contributed by atoms with Crippen LogP contribution in [0.5, 0.6) is 0 Å². The van der Waals surface area contributed by atoms with Gasteiger partial charge in [0.1, 0.15) is 0 Å². The Labute approximate surface area is 93.2 Å². The quantitative estimate of drug-likeness (QED) is 0.660. The fraction of sp³-hybridized carbons (Fsp3) is 0.846. The molecule has 1 rings (SSSR count). The van der Waals surface area contributed by atoms with Crippen molar-refractivity contribution in [1.29, 1.82) is 0 Å². The maximum atomic E-state index is 12.2.